The van der Waals surface area contributed by atoms with Crippen LogP contribution in [-0.4, -0.2) is 36.4 Å². The van der Waals surface area contributed by atoms with E-state index in [1.165, 1.54) is 11.8 Å². The number of thioether (sulfide) groups is 1. The average Bonchev–Trinajstić information content (AvgIpc) is 3.04. The number of carbonyl (C=O) groups excluding carboxylic acids is 1. The van der Waals surface area contributed by atoms with Crippen LogP contribution in [0.3, 0.4) is 0 Å². The summed E-state index contributed by atoms with van der Waals surface area (Å²) in [6.45, 7) is 5.75. The summed E-state index contributed by atoms with van der Waals surface area (Å²) >= 11 is 7.39. The van der Waals surface area contributed by atoms with Gasteiger partial charge in [-0.25, -0.2) is 14.6 Å². The van der Waals surface area contributed by atoms with Crippen molar-refractivity contribution in [2.45, 2.75) is 37.2 Å². The Morgan fingerprint density at radius 1 is 1.19 bits per heavy atom. The summed E-state index contributed by atoms with van der Waals surface area (Å²) in [7, 11) is 0. The Kier molecular flexibility index (Phi) is 5.76. The highest BCUT2D eigenvalue weighted by Gasteiger charge is 2.24. The highest BCUT2D eigenvalue weighted by atomic mass is 35.5. The van der Waals surface area contributed by atoms with Crippen molar-refractivity contribution in [3.05, 3.63) is 59.1 Å². The third kappa shape index (κ3) is 5.05. The zero-order valence-corrected chi connectivity index (χ0v) is 16.8. The summed E-state index contributed by atoms with van der Waals surface area (Å²) in [6.07, 6.45) is 3.36. The van der Waals surface area contributed by atoms with E-state index < -0.39 is 0 Å². The number of halogens is 1. The molecule has 9 heteroatoms. The first-order valence-corrected chi connectivity index (χ1v) is 9.63. The molecule has 1 N–H and O–H groups in total. The second-order valence-corrected chi connectivity index (χ2v) is 8.18. The van der Waals surface area contributed by atoms with Gasteiger partial charge in [-0.1, -0.05) is 28.6 Å². The lowest BCUT2D eigenvalue weighted by Crippen LogP contribution is -2.41. The molecule has 0 aliphatic rings. The van der Waals surface area contributed by atoms with Gasteiger partial charge in [0, 0.05) is 28.7 Å². The maximum atomic E-state index is 12.7. The number of aromatic nitrogens is 5. The van der Waals surface area contributed by atoms with Crippen molar-refractivity contribution in [3.8, 4) is 5.69 Å². The highest BCUT2D eigenvalue weighted by Crippen LogP contribution is 2.23. The van der Waals surface area contributed by atoms with E-state index in [0.717, 1.165) is 5.69 Å². The van der Waals surface area contributed by atoms with E-state index in [4.69, 9.17) is 11.6 Å². The van der Waals surface area contributed by atoms with Crippen LogP contribution in [0.5, 0.6) is 0 Å². The van der Waals surface area contributed by atoms with Crippen LogP contribution >= 0.6 is 23.4 Å². The Hall–Kier alpha value is -2.45. The molecule has 0 radical (unpaired) electrons. The van der Waals surface area contributed by atoms with Gasteiger partial charge < -0.3 is 5.32 Å². The zero-order chi connectivity index (χ0) is 19.4. The molecule has 1 amide bonds. The molecule has 3 rings (SSSR count). The minimum atomic E-state index is -0.381. The number of benzene rings is 1. The second-order valence-electron chi connectivity index (χ2n) is 6.80. The van der Waals surface area contributed by atoms with E-state index >= 15 is 0 Å². The number of carbonyl (C=O) groups is 1. The Labute approximate surface area is 166 Å². The van der Waals surface area contributed by atoms with E-state index in [1.54, 1.807) is 35.3 Å². The molecular weight excluding hydrogens is 384 g/mol. The minimum absolute atomic E-state index is 0.271. The summed E-state index contributed by atoms with van der Waals surface area (Å²) in [5.41, 5.74) is 1.33. The standard InChI is InChI=1S/C18H19ClN6OS/c1-18(2,3)22-16(26)15-14(11-27-17-20-9-4-10-21-17)25(24-23-15)13-7-5-12(19)6-8-13/h4-10H,11H2,1-3H3,(H,22,26). The Morgan fingerprint density at radius 3 is 2.48 bits per heavy atom. The third-order valence-electron chi connectivity index (χ3n) is 3.42. The predicted molar refractivity (Wildman–Crippen MR) is 105 cm³/mol. The molecule has 2 aromatic heterocycles. The van der Waals surface area contributed by atoms with Crippen LogP contribution in [0.25, 0.3) is 5.69 Å². The van der Waals surface area contributed by atoms with Crippen molar-refractivity contribution in [2.24, 2.45) is 0 Å². The highest BCUT2D eigenvalue weighted by molar-refractivity contribution is 7.98. The van der Waals surface area contributed by atoms with Crippen LogP contribution in [0.15, 0.2) is 47.9 Å². The number of hydrogen-bond donors (Lipinski definition) is 1. The summed E-state index contributed by atoms with van der Waals surface area (Å²) in [4.78, 5) is 21.1. The fourth-order valence-electron chi connectivity index (χ4n) is 2.29. The Morgan fingerprint density at radius 2 is 1.85 bits per heavy atom. The predicted octanol–water partition coefficient (Wildman–Crippen LogP) is 3.53. The number of nitrogens with zero attached hydrogens (tertiary/aromatic N) is 5. The molecule has 0 fully saturated rings. The first kappa shape index (κ1) is 19.3. The molecule has 0 aliphatic heterocycles. The Balaban J connectivity index is 1.95. The first-order valence-electron chi connectivity index (χ1n) is 8.26. The van der Waals surface area contributed by atoms with Gasteiger partial charge in [0.2, 0.25) is 0 Å². The molecule has 140 valence electrons. The van der Waals surface area contributed by atoms with E-state index in [0.29, 0.717) is 21.6 Å². The maximum Gasteiger partial charge on any atom is 0.274 e. The molecule has 0 bridgehead atoms. The molecule has 0 spiro atoms. The van der Waals surface area contributed by atoms with Crippen molar-refractivity contribution in [1.82, 2.24) is 30.3 Å². The van der Waals surface area contributed by atoms with Crippen molar-refractivity contribution in [2.75, 3.05) is 0 Å². The van der Waals surface area contributed by atoms with Crippen LogP contribution in [0.2, 0.25) is 5.02 Å². The van der Waals surface area contributed by atoms with Gasteiger partial charge in [0.15, 0.2) is 10.9 Å². The molecule has 0 saturated carbocycles. The second kappa shape index (κ2) is 8.06. The average molecular weight is 403 g/mol. The van der Waals surface area contributed by atoms with Crippen molar-refractivity contribution in [3.63, 3.8) is 0 Å². The number of hydrogen-bond acceptors (Lipinski definition) is 6. The number of nitrogens with one attached hydrogen (secondary N) is 1. The molecule has 1 aromatic carbocycles. The van der Waals surface area contributed by atoms with Gasteiger partial charge in [-0.15, -0.1) is 5.10 Å². The lowest BCUT2D eigenvalue weighted by atomic mass is 10.1. The minimum Gasteiger partial charge on any atom is -0.346 e. The largest absolute Gasteiger partial charge is 0.346 e. The summed E-state index contributed by atoms with van der Waals surface area (Å²) in [5, 5.41) is 12.5. The van der Waals surface area contributed by atoms with Crippen LogP contribution in [-0.2, 0) is 5.75 Å². The number of amides is 1. The van der Waals surface area contributed by atoms with Crippen molar-refractivity contribution >= 4 is 29.3 Å². The fourth-order valence-corrected chi connectivity index (χ4v) is 3.21. The van der Waals surface area contributed by atoms with Gasteiger partial charge >= 0.3 is 0 Å². The van der Waals surface area contributed by atoms with E-state index in [1.807, 2.05) is 32.9 Å². The van der Waals surface area contributed by atoms with Crippen molar-refractivity contribution in [1.29, 1.82) is 0 Å². The molecule has 27 heavy (non-hydrogen) atoms. The fraction of sp³-hybridized carbons (Fsp3) is 0.278. The van der Waals surface area contributed by atoms with Gasteiger partial charge in [0.05, 0.1) is 11.4 Å². The molecule has 3 aromatic rings. The molecule has 0 aliphatic carbocycles. The Bertz CT molecular complexity index is 921. The van der Waals surface area contributed by atoms with Crippen LogP contribution in [0.4, 0.5) is 0 Å². The van der Waals surface area contributed by atoms with Gasteiger partial charge in [-0.2, -0.15) is 0 Å². The van der Waals surface area contributed by atoms with Gasteiger partial charge in [-0.05, 0) is 51.1 Å². The maximum absolute atomic E-state index is 12.7. The molecular formula is C18H19ClN6OS. The van der Waals surface area contributed by atoms with E-state index in [9.17, 15) is 4.79 Å². The number of rotatable bonds is 5. The topological polar surface area (TPSA) is 85.6 Å². The molecule has 2 heterocycles. The van der Waals surface area contributed by atoms with Gasteiger partial charge in [0.1, 0.15) is 0 Å². The quantitative estimate of drug-likeness (QED) is 0.519. The molecule has 0 atom stereocenters. The first-order chi connectivity index (χ1) is 12.8. The monoisotopic (exact) mass is 402 g/mol. The molecule has 0 saturated heterocycles. The lowest BCUT2D eigenvalue weighted by molar-refractivity contribution is 0.0913. The van der Waals surface area contributed by atoms with Gasteiger partial charge in [-0.3, -0.25) is 4.79 Å². The van der Waals surface area contributed by atoms with E-state index in [-0.39, 0.29) is 17.1 Å². The SMILES string of the molecule is CC(C)(C)NC(=O)c1nnn(-c2ccc(Cl)cc2)c1CSc1ncccn1. The molecule has 0 unspecified atom stereocenters. The van der Waals surface area contributed by atoms with Crippen LogP contribution in [0.1, 0.15) is 37.0 Å². The van der Waals surface area contributed by atoms with E-state index in [2.05, 4.69) is 25.6 Å². The van der Waals surface area contributed by atoms with Crippen LogP contribution in [0, 0.1) is 0 Å². The molecule has 7 nitrogen and oxygen atoms in total. The zero-order valence-electron chi connectivity index (χ0n) is 15.2. The van der Waals surface area contributed by atoms with Crippen molar-refractivity contribution < 1.29 is 4.79 Å². The lowest BCUT2D eigenvalue weighted by Gasteiger charge is -2.20. The van der Waals surface area contributed by atoms with Gasteiger partial charge in [0.25, 0.3) is 5.91 Å². The summed E-state index contributed by atoms with van der Waals surface area (Å²) in [6, 6.07) is 8.95. The third-order valence-corrected chi connectivity index (χ3v) is 4.56. The van der Waals surface area contributed by atoms with Crippen LogP contribution < -0.4 is 5.32 Å². The summed E-state index contributed by atoms with van der Waals surface area (Å²) < 4.78 is 1.64. The smallest absolute Gasteiger partial charge is 0.274 e. The summed E-state index contributed by atoms with van der Waals surface area (Å²) in [5.74, 6) is 0.166. The normalized spacial score (nSPS) is 11.4.